The summed E-state index contributed by atoms with van der Waals surface area (Å²) in [7, 11) is 0. The highest BCUT2D eigenvalue weighted by Crippen LogP contribution is 2.41. The SMILES string of the molecule is c1ccc(-c2ccc(-c3nc(-c4ccc5ccccc5c4)nc(-c4cccc5oc6cc7ccccc7cc6c45)n3)cc2)cc1.c1ccc(-c2ccc(-c3nc(-c4cccc5ccccc45)nc(-c4cccc5oc6cc7ccccc7cc6c45)n3)cc2)cc1. The van der Waals surface area contributed by atoms with E-state index in [1.54, 1.807) is 0 Å². The molecule has 0 unspecified atom stereocenters. The van der Waals surface area contributed by atoms with E-state index in [9.17, 15) is 0 Å². The van der Waals surface area contributed by atoms with Crippen molar-refractivity contribution in [2.24, 2.45) is 0 Å². The molecule has 90 heavy (non-hydrogen) atoms. The number of nitrogens with zero attached hydrogens (tertiary/aromatic N) is 6. The van der Waals surface area contributed by atoms with Crippen LogP contribution in [0.2, 0.25) is 0 Å². The van der Waals surface area contributed by atoms with Crippen molar-refractivity contribution in [1.29, 1.82) is 0 Å². The Hall–Kier alpha value is -12.3. The molecule has 420 valence electrons. The van der Waals surface area contributed by atoms with Crippen LogP contribution in [0.4, 0.5) is 0 Å². The predicted molar refractivity (Wildman–Crippen MR) is 368 cm³/mol. The summed E-state index contributed by atoms with van der Waals surface area (Å²) in [5.74, 6) is 3.72. The van der Waals surface area contributed by atoms with Gasteiger partial charge in [-0.05, 0) is 108 Å². The molecule has 0 saturated heterocycles. The molecule has 0 spiro atoms. The van der Waals surface area contributed by atoms with Gasteiger partial charge in [-0.25, -0.2) is 29.9 Å². The highest BCUT2D eigenvalue weighted by atomic mass is 16.3. The van der Waals surface area contributed by atoms with Crippen LogP contribution in [0.1, 0.15) is 0 Å². The fourth-order valence-electron chi connectivity index (χ4n) is 12.5. The van der Waals surface area contributed by atoms with Crippen LogP contribution in [0.3, 0.4) is 0 Å². The average molecular weight is 1150 g/mol. The first-order chi connectivity index (χ1) is 44.5. The lowest BCUT2D eigenvalue weighted by atomic mass is 10.0. The normalized spacial score (nSPS) is 11.6. The number of fused-ring (bicyclic) bond motifs is 10. The van der Waals surface area contributed by atoms with Gasteiger partial charge in [0, 0.05) is 54.9 Å². The second kappa shape index (κ2) is 21.9. The number of furan rings is 2. The number of hydrogen-bond donors (Lipinski definition) is 0. The highest BCUT2D eigenvalue weighted by molar-refractivity contribution is 6.16. The Labute approximate surface area is 516 Å². The van der Waals surface area contributed by atoms with Gasteiger partial charge in [0.25, 0.3) is 0 Å². The number of benzene rings is 14. The smallest absolute Gasteiger partial charge is 0.164 e. The van der Waals surface area contributed by atoms with Gasteiger partial charge in [-0.3, -0.25) is 0 Å². The Morgan fingerprint density at radius 1 is 0.178 bits per heavy atom. The van der Waals surface area contributed by atoms with E-state index in [2.05, 4.69) is 267 Å². The van der Waals surface area contributed by atoms with E-state index < -0.39 is 0 Å². The van der Waals surface area contributed by atoms with Gasteiger partial charge in [0.2, 0.25) is 0 Å². The molecule has 0 radical (unpaired) electrons. The van der Waals surface area contributed by atoms with E-state index in [-0.39, 0.29) is 0 Å². The Bertz CT molecular complexity index is 5770. The Morgan fingerprint density at radius 3 is 1.02 bits per heavy atom. The van der Waals surface area contributed by atoms with Crippen LogP contribution in [0, 0.1) is 0 Å². The third-order valence-corrected chi connectivity index (χ3v) is 17.0. The minimum Gasteiger partial charge on any atom is -0.456 e. The minimum absolute atomic E-state index is 0.608. The van der Waals surface area contributed by atoms with Gasteiger partial charge < -0.3 is 8.83 Å². The monoisotopic (exact) mass is 1150 g/mol. The maximum atomic E-state index is 6.39. The zero-order valence-corrected chi connectivity index (χ0v) is 48.4. The van der Waals surface area contributed by atoms with Crippen LogP contribution in [0.25, 0.3) is 178 Å². The van der Waals surface area contributed by atoms with Crippen LogP contribution in [-0.4, -0.2) is 29.9 Å². The average Bonchev–Trinajstić information content (AvgIpc) is 1.65. The maximum Gasteiger partial charge on any atom is 0.164 e. The third-order valence-electron chi connectivity index (χ3n) is 17.0. The summed E-state index contributed by atoms with van der Waals surface area (Å²) in [5, 5.41) is 13.2. The minimum atomic E-state index is 0.608. The number of hydrogen-bond acceptors (Lipinski definition) is 8. The van der Waals surface area contributed by atoms with Crippen LogP contribution in [-0.2, 0) is 0 Å². The summed E-state index contributed by atoms with van der Waals surface area (Å²) in [4.78, 5) is 30.6. The van der Waals surface area contributed by atoms with Gasteiger partial charge in [-0.2, -0.15) is 0 Å². The molecule has 18 aromatic rings. The molecular formula is C82H50N6O2. The van der Waals surface area contributed by atoms with E-state index in [1.807, 2.05) is 36.4 Å². The van der Waals surface area contributed by atoms with E-state index >= 15 is 0 Å². The van der Waals surface area contributed by atoms with Crippen molar-refractivity contribution in [3.8, 4) is 90.6 Å². The van der Waals surface area contributed by atoms with Crippen LogP contribution >= 0.6 is 0 Å². The fraction of sp³-hybridized carbons (Fsp3) is 0. The summed E-state index contributed by atoms with van der Waals surface area (Å²) in [6.07, 6.45) is 0. The third kappa shape index (κ3) is 9.53. The van der Waals surface area contributed by atoms with Gasteiger partial charge >= 0.3 is 0 Å². The Morgan fingerprint density at radius 2 is 0.511 bits per heavy atom. The molecule has 4 heterocycles. The molecular weight excluding hydrogens is 1100 g/mol. The molecule has 8 heteroatoms. The van der Waals surface area contributed by atoms with Crippen LogP contribution in [0.15, 0.2) is 312 Å². The van der Waals surface area contributed by atoms with Crippen molar-refractivity contribution in [3.63, 3.8) is 0 Å². The molecule has 4 aromatic heterocycles. The predicted octanol–water partition coefficient (Wildman–Crippen LogP) is 21.5. The summed E-state index contributed by atoms with van der Waals surface area (Å²) in [6.45, 7) is 0. The van der Waals surface area contributed by atoms with Gasteiger partial charge in [0.1, 0.15) is 22.3 Å². The van der Waals surface area contributed by atoms with E-state index in [1.165, 1.54) is 16.5 Å². The maximum absolute atomic E-state index is 6.39. The molecule has 0 atom stereocenters. The standard InChI is InChI=1S/2C41H25N3O/c1-2-10-26(11-3-1)27-20-22-29(23-21-27)39-42-40(33-17-8-15-28-12-6-7-16-32(28)33)44-41(43-39)34-18-9-19-36-38(34)35-24-30-13-4-5-14-31(30)25-37(35)45-36;1-2-9-26(10-3-1)28-17-20-29(21-18-28)39-42-40(33-22-19-27-11-4-5-12-30(27)23-33)44-41(43-39)34-15-8-16-36-38(34)35-24-31-13-6-7-14-32(31)25-37(35)45-36/h2*1-25H. The van der Waals surface area contributed by atoms with Gasteiger partial charge in [0.05, 0.1) is 0 Å². The second-order valence-electron chi connectivity index (χ2n) is 22.5. The van der Waals surface area contributed by atoms with Gasteiger partial charge in [-0.1, -0.05) is 261 Å². The van der Waals surface area contributed by atoms with Crippen LogP contribution < -0.4 is 0 Å². The quantitative estimate of drug-likeness (QED) is 0.148. The molecule has 0 fully saturated rings. The molecule has 0 bridgehead atoms. The highest BCUT2D eigenvalue weighted by Gasteiger charge is 2.22. The molecule has 0 saturated carbocycles. The lowest BCUT2D eigenvalue weighted by Crippen LogP contribution is -2.01. The Kier molecular flexibility index (Phi) is 12.7. The van der Waals surface area contributed by atoms with Crippen molar-refractivity contribution < 1.29 is 8.83 Å². The first kappa shape index (κ1) is 52.1. The van der Waals surface area contributed by atoms with Crippen molar-refractivity contribution in [1.82, 2.24) is 29.9 Å². The van der Waals surface area contributed by atoms with Crippen LogP contribution in [0.5, 0.6) is 0 Å². The largest absolute Gasteiger partial charge is 0.456 e. The lowest BCUT2D eigenvalue weighted by Gasteiger charge is -2.11. The van der Waals surface area contributed by atoms with E-state index in [0.29, 0.717) is 34.9 Å². The molecule has 0 aliphatic carbocycles. The van der Waals surface area contributed by atoms with Crippen molar-refractivity contribution in [2.75, 3.05) is 0 Å². The zero-order valence-electron chi connectivity index (χ0n) is 48.4. The fourth-order valence-corrected chi connectivity index (χ4v) is 12.5. The molecule has 18 rings (SSSR count). The van der Waals surface area contributed by atoms with E-state index in [0.717, 1.165) is 126 Å². The van der Waals surface area contributed by atoms with Crippen molar-refractivity contribution in [3.05, 3.63) is 303 Å². The topological polar surface area (TPSA) is 104 Å². The summed E-state index contributed by atoms with van der Waals surface area (Å²) >= 11 is 0. The molecule has 0 aliphatic heterocycles. The number of aromatic nitrogens is 6. The van der Waals surface area contributed by atoms with Gasteiger partial charge in [-0.15, -0.1) is 0 Å². The molecule has 14 aromatic carbocycles. The second-order valence-corrected chi connectivity index (χ2v) is 22.5. The van der Waals surface area contributed by atoms with E-state index in [4.69, 9.17) is 38.7 Å². The molecule has 0 N–H and O–H groups in total. The number of rotatable bonds is 8. The molecule has 0 amide bonds. The van der Waals surface area contributed by atoms with Gasteiger partial charge in [0.15, 0.2) is 34.9 Å². The first-order valence-corrected chi connectivity index (χ1v) is 30.1. The van der Waals surface area contributed by atoms with Crippen molar-refractivity contribution in [2.45, 2.75) is 0 Å². The zero-order chi connectivity index (χ0) is 59.5. The molecule has 0 aliphatic rings. The lowest BCUT2D eigenvalue weighted by molar-refractivity contribution is 0.669. The first-order valence-electron chi connectivity index (χ1n) is 30.1. The molecule has 8 nitrogen and oxygen atoms in total. The summed E-state index contributed by atoms with van der Waals surface area (Å²) in [5.41, 5.74) is 13.5. The summed E-state index contributed by atoms with van der Waals surface area (Å²) in [6, 6.07) is 105. The summed E-state index contributed by atoms with van der Waals surface area (Å²) < 4.78 is 12.8. The Balaban J connectivity index is 0.000000139. The van der Waals surface area contributed by atoms with Crippen molar-refractivity contribution >= 4 is 87.0 Å².